The molecule has 0 aliphatic carbocycles. The van der Waals surface area contributed by atoms with Crippen molar-refractivity contribution in [2.75, 3.05) is 27.2 Å². The maximum absolute atomic E-state index is 12.2. The molecule has 2 amide bonds. The standard InChI is InChI=1S/C13H17N3O4/c1-4-16(8-11(17)15(2)3)12(18)9-5-6-14-10(7-9)13(19)20/h5-7H,4,8H2,1-3H3,(H,19,20). The Morgan fingerprint density at radius 2 is 1.95 bits per heavy atom. The van der Waals surface area contributed by atoms with Gasteiger partial charge in [0.2, 0.25) is 5.91 Å². The number of carbonyl (C=O) groups is 3. The van der Waals surface area contributed by atoms with Gasteiger partial charge in [-0.3, -0.25) is 9.59 Å². The number of rotatable bonds is 5. The van der Waals surface area contributed by atoms with Crippen LogP contribution in [0.25, 0.3) is 0 Å². The summed E-state index contributed by atoms with van der Waals surface area (Å²) in [6.07, 6.45) is 1.26. The van der Waals surface area contributed by atoms with E-state index in [9.17, 15) is 14.4 Å². The molecule has 7 heteroatoms. The van der Waals surface area contributed by atoms with E-state index >= 15 is 0 Å². The van der Waals surface area contributed by atoms with Gasteiger partial charge in [0, 0.05) is 32.4 Å². The minimum absolute atomic E-state index is 0.0486. The fourth-order valence-electron chi connectivity index (χ4n) is 1.50. The quantitative estimate of drug-likeness (QED) is 0.838. The zero-order valence-corrected chi connectivity index (χ0v) is 11.7. The molecular formula is C13H17N3O4. The molecule has 0 atom stereocenters. The molecule has 0 spiro atoms. The summed E-state index contributed by atoms with van der Waals surface area (Å²) in [4.78, 5) is 41.1. The fraction of sp³-hybridized carbons (Fsp3) is 0.385. The molecule has 0 aliphatic rings. The van der Waals surface area contributed by atoms with Crippen molar-refractivity contribution in [3.05, 3.63) is 29.6 Å². The predicted molar refractivity (Wildman–Crippen MR) is 71.5 cm³/mol. The number of pyridine rings is 1. The van der Waals surface area contributed by atoms with Crippen LogP contribution in [0.15, 0.2) is 18.3 Å². The second-order valence-corrected chi connectivity index (χ2v) is 4.34. The topological polar surface area (TPSA) is 90.8 Å². The lowest BCUT2D eigenvalue weighted by Crippen LogP contribution is -2.40. The Kier molecular flexibility index (Phi) is 5.19. The van der Waals surface area contributed by atoms with Crippen LogP contribution in [0.2, 0.25) is 0 Å². The van der Waals surface area contributed by atoms with E-state index in [1.165, 1.54) is 28.1 Å². The van der Waals surface area contributed by atoms with Gasteiger partial charge in [-0.1, -0.05) is 0 Å². The lowest BCUT2D eigenvalue weighted by molar-refractivity contribution is -0.129. The van der Waals surface area contributed by atoms with Gasteiger partial charge in [-0.15, -0.1) is 0 Å². The monoisotopic (exact) mass is 279 g/mol. The third kappa shape index (κ3) is 3.78. The average Bonchev–Trinajstić information content (AvgIpc) is 2.43. The number of carboxylic acid groups (broad SMARTS) is 1. The van der Waals surface area contributed by atoms with Gasteiger partial charge in [0.25, 0.3) is 5.91 Å². The van der Waals surface area contributed by atoms with Crippen molar-refractivity contribution in [1.29, 1.82) is 0 Å². The number of aromatic carboxylic acids is 1. The van der Waals surface area contributed by atoms with Crippen LogP contribution in [-0.2, 0) is 4.79 Å². The van der Waals surface area contributed by atoms with E-state index in [-0.39, 0.29) is 23.7 Å². The lowest BCUT2D eigenvalue weighted by atomic mass is 10.2. The number of nitrogens with zero attached hydrogens (tertiary/aromatic N) is 3. The maximum Gasteiger partial charge on any atom is 0.354 e. The third-order valence-electron chi connectivity index (χ3n) is 2.72. The van der Waals surface area contributed by atoms with Crippen molar-refractivity contribution in [2.24, 2.45) is 0 Å². The van der Waals surface area contributed by atoms with Crippen LogP contribution in [0.1, 0.15) is 27.8 Å². The lowest BCUT2D eigenvalue weighted by Gasteiger charge is -2.22. The fourth-order valence-corrected chi connectivity index (χ4v) is 1.50. The number of carboxylic acids is 1. The molecule has 1 aromatic rings. The summed E-state index contributed by atoms with van der Waals surface area (Å²) >= 11 is 0. The molecule has 0 fully saturated rings. The Morgan fingerprint density at radius 1 is 1.30 bits per heavy atom. The van der Waals surface area contributed by atoms with Crippen LogP contribution in [-0.4, -0.2) is 64.9 Å². The summed E-state index contributed by atoms with van der Waals surface area (Å²) in [5.41, 5.74) is -0.00311. The molecule has 0 aromatic carbocycles. The molecule has 1 rings (SSSR count). The minimum atomic E-state index is -1.20. The molecule has 0 aliphatic heterocycles. The first-order valence-corrected chi connectivity index (χ1v) is 6.05. The zero-order valence-electron chi connectivity index (χ0n) is 11.7. The van der Waals surface area contributed by atoms with Crippen molar-refractivity contribution in [3.63, 3.8) is 0 Å². The number of hydrogen-bond donors (Lipinski definition) is 1. The molecule has 0 radical (unpaired) electrons. The molecule has 1 aromatic heterocycles. The van der Waals surface area contributed by atoms with Gasteiger partial charge in [-0.05, 0) is 19.1 Å². The van der Waals surface area contributed by atoms with Crippen molar-refractivity contribution >= 4 is 17.8 Å². The Bertz CT molecular complexity index is 528. The summed E-state index contributed by atoms with van der Waals surface area (Å²) in [6, 6.07) is 2.63. The third-order valence-corrected chi connectivity index (χ3v) is 2.72. The van der Waals surface area contributed by atoms with E-state index in [2.05, 4.69) is 4.98 Å². The highest BCUT2D eigenvalue weighted by molar-refractivity contribution is 5.98. The highest BCUT2D eigenvalue weighted by atomic mass is 16.4. The average molecular weight is 279 g/mol. The minimum Gasteiger partial charge on any atom is -0.477 e. The summed E-state index contributed by atoms with van der Waals surface area (Å²) in [5, 5.41) is 8.86. The summed E-state index contributed by atoms with van der Waals surface area (Å²) < 4.78 is 0. The van der Waals surface area contributed by atoms with Gasteiger partial charge in [0.05, 0.1) is 6.54 Å². The SMILES string of the molecule is CCN(CC(=O)N(C)C)C(=O)c1ccnc(C(=O)O)c1. The van der Waals surface area contributed by atoms with Crippen LogP contribution in [0.5, 0.6) is 0 Å². The van der Waals surface area contributed by atoms with Crippen LogP contribution >= 0.6 is 0 Å². The van der Waals surface area contributed by atoms with Gasteiger partial charge in [0.15, 0.2) is 0 Å². The van der Waals surface area contributed by atoms with E-state index < -0.39 is 11.9 Å². The number of carbonyl (C=O) groups excluding carboxylic acids is 2. The maximum atomic E-state index is 12.2. The number of likely N-dealkylation sites (N-methyl/N-ethyl adjacent to an activating group) is 2. The second kappa shape index (κ2) is 6.65. The molecule has 0 bridgehead atoms. The Labute approximate surface area is 116 Å². The molecule has 1 heterocycles. The van der Waals surface area contributed by atoms with Crippen LogP contribution < -0.4 is 0 Å². The molecule has 20 heavy (non-hydrogen) atoms. The van der Waals surface area contributed by atoms with E-state index in [1.54, 1.807) is 21.0 Å². The van der Waals surface area contributed by atoms with E-state index in [0.717, 1.165) is 0 Å². The van der Waals surface area contributed by atoms with Crippen molar-refractivity contribution in [1.82, 2.24) is 14.8 Å². The molecule has 0 saturated carbocycles. The summed E-state index contributed by atoms with van der Waals surface area (Å²) in [6.45, 7) is 2.05. The van der Waals surface area contributed by atoms with Gasteiger partial charge in [0.1, 0.15) is 5.69 Å². The summed E-state index contributed by atoms with van der Waals surface area (Å²) in [5.74, 6) is -1.80. The van der Waals surface area contributed by atoms with Crippen LogP contribution in [0.4, 0.5) is 0 Å². The number of hydrogen-bond acceptors (Lipinski definition) is 4. The first-order valence-electron chi connectivity index (χ1n) is 6.05. The smallest absolute Gasteiger partial charge is 0.354 e. The number of aromatic nitrogens is 1. The molecular weight excluding hydrogens is 262 g/mol. The van der Waals surface area contributed by atoms with Gasteiger partial charge in [-0.25, -0.2) is 9.78 Å². The first kappa shape index (κ1) is 15.6. The van der Waals surface area contributed by atoms with Crippen molar-refractivity contribution in [3.8, 4) is 0 Å². The Hall–Kier alpha value is -2.44. The molecule has 0 unspecified atom stereocenters. The summed E-state index contributed by atoms with van der Waals surface area (Å²) in [7, 11) is 3.21. The van der Waals surface area contributed by atoms with Crippen LogP contribution in [0.3, 0.4) is 0 Å². The zero-order chi connectivity index (χ0) is 15.3. The molecule has 0 saturated heterocycles. The number of amides is 2. The van der Waals surface area contributed by atoms with Gasteiger partial charge < -0.3 is 14.9 Å². The van der Waals surface area contributed by atoms with Gasteiger partial charge >= 0.3 is 5.97 Å². The van der Waals surface area contributed by atoms with Crippen molar-refractivity contribution in [2.45, 2.75) is 6.92 Å². The first-order chi connectivity index (χ1) is 9.36. The van der Waals surface area contributed by atoms with E-state index in [1.807, 2.05) is 0 Å². The highest BCUT2D eigenvalue weighted by Gasteiger charge is 2.19. The molecule has 108 valence electrons. The van der Waals surface area contributed by atoms with E-state index in [4.69, 9.17) is 5.11 Å². The predicted octanol–water partition coefficient (Wildman–Crippen LogP) is 0.330. The highest BCUT2D eigenvalue weighted by Crippen LogP contribution is 2.07. The van der Waals surface area contributed by atoms with Crippen LogP contribution in [0, 0.1) is 0 Å². The largest absolute Gasteiger partial charge is 0.477 e. The van der Waals surface area contributed by atoms with E-state index in [0.29, 0.717) is 6.54 Å². The van der Waals surface area contributed by atoms with Crippen molar-refractivity contribution < 1.29 is 19.5 Å². The van der Waals surface area contributed by atoms with Gasteiger partial charge in [-0.2, -0.15) is 0 Å². The molecule has 1 N–H and O–H groups in total. The molecule has 7 nitrogen and oxygen atoms in total. The normalized spacial score (nSPS) is 9.95. The Morgan fingerprint density at radius 3 is 2.45 bits per heavy atom. The Balaban J connectivity index is 2.94. The second-order valence-electron chi connectivity index (χ2n) is 4.34.